The first-order chi connectivity index (χ1) is 7.74. The minimum absolute atomic E-state index is 0.143. The molecule has 0 saturated carbocycles. The van der Waals surface area contributed by atoms with Gasteiger partial charge in [-0.15, -0.1) is 0 Å². The lowest BCUT2D eigenvalue weighted by Crippen LogP contribution is -2.43. The second-order valence-electron chi connectivity index (χ2n) is 3.34. The number of rotatable bonds is 3. The number of benzene rings is 1. The lowest BCUT2D eigenvalue weighted by molar-refractivity contribution is -0.139. The number of carbonyl (C=O) groups is 2. The Kier molecular flexibility index (Phi) is 2.68. The van der Waals surface area contributed by atoms with Crippen LogP contribution < -0.4 is 5.01 Å². The van der Waals surface area contributed by atoms with Crippen molar-refractivity contribution in [1.29, 1.82) is 0 Å². The Morgan fingerprint density at radius 1 is 1.19 bits per heavy atom. The molecule has 0 unspecified atom stereocenters. The predicted octanol–water partition coefficient (Wildman–Crippen LogP) is 0.277. The third kappa shape index (κ3) is 1.67. The van der Waals surface area contributed by atoms with Crippen molar-refractivity contribution in [1.82, 2.24) is 5.01 Å². The number of hydrazine groups is 1. The summed E-state index contributed by atoms with van der Waals surface area (Å²) < 4.78 is 0. The molecule has 1 radical (unpaired) electrons. The highest BCUT2D eigenvalue weighted by molar-refractivity contribution is 6.38. The first kappa shape index (κ1) is 10.4. The van der Waals surface area contributed by atoms with Crippen LogP contribution in [-0.2, 0) is 14.4 Å². The third-order valence-electron chi connectivity index (χ3n) is 2.35. The van der Waals surface area contributed by atoms with E-state index in [1.807, 2.05) is 0 Å². The predicted molar refractivity (Wildman–Crippen MR) is 56.0 cm³/mol. The van der Waals surface area contributed by atoms with Crippen LogP contribution in [0.3, 0.4) is 0 Å². The highest BCUT2D eigenvalue weighted by atomic mass is 16.2. The molecule has 0 aromatic heterocycles. The zero-order valence-corrected chi connectivity index (χ0v) is 8.42. The van der Waals surface area contributed by atoms with Crippen LogP contribution in [0.2, 0.25) is 0 Å². The summed E-state index contributed by atoms with van der Waals surface area (Å²) in [6.07, 6.45) is 1.79. The summed E-state index contributed by atoms with van der Waals surface area (Å²) in [5, 5.41) is 2.14. The maximum Gasteiger partial charge on any atom is 0.337 e. The molecule has 1 aliphatic rings. The minimum Gasteiger partial charge on any atom is -0.289 e. The van der Waals surface area contributed by atoms with Crippen molar-refractivity contribution in [2.24, 2.45) is 0 Å². The molecule has 2 amide bonds. The second kappa shape index (κ2) is 4.14. The number of carbonyl (C=O) groups excluding carboxylic acids is 3. The quantitative estimate of drug-likeness (QED) is 0.539. The third-order valence-corrected chi connectivity index (χ3v) is 2.35. The van der Waals surface area contributed by atoms with E-state index in [-0.39, 0.29) is 13.0 Å². The Hall–Kier alpha value is -2.17. The van der Waals surface area contributed by atoms with Crippen LogP contribution in [-0.4, -0.2) is 29.7 Å². The fraction of sp³-hybridized carbons (Fsp3) is 0.182. The molecular weight excluding hydrogens is 208 g/mol. The van der Waals surface area contributed by atoms with Crippen molar-refractivity contribution in [3.63, 3.8) is 0 Å². The summed E-state index contributed by atoms with van der Waals surface area (Å²) in [6.45, 7) is 0.224. The molecule has 1 aromatic carbocycles. The smallest absolute Gasteiger partial charge is 0.289 e. The highest BCUT2D eigenvalue weighted by Gasteiger charge is 2.34. The standard InChI is InChI=1S/C11H9N2O3/c14-8-13(9-4-2-1-3-5-9)12-7-6-10(15)11(12)16/h1-5H,6-7H2. The number of hydrogen-bond acceptors (Lipinski definition) is 3. The number of para-hydroxylation sites is 1. The van der Waals surface area contributed by atoms with E-state index in [1.54, 1.807) is 36.7 Å². The van der Waals surface area contributed by atoms with Crippen LogP contribution in [0.15, 0.2) is 30.3 Å². The summed E-state index contributed by atoms with van der Waals surface area (Å²) in [7, 11) is 0. The van der Waals surface area contributed by atoms with Crippen LogP contribution in [0, 0.1) is 0 Å². The Morgan fingerprint density at radius 3 is 2.38 bits per heavy atom. The van der Waals surface area contributed by atoms with E-state index in [4.69, 9.17) is 0 Å². The van der Waals surface area contributed by atoms with Gasteiger partial charge in [0.15, 0.2) is 0 Å². The van der Waals surface area contributed by atoms with Gasteiger partial charge in [-0.1, -0.05) is 18.2 Å². The average molecular weight is 217 g/mol. The number of Topliss-reactive ketones (excluding diaryl/α,β-unsaturated/α-hetero) is 1. The summed E-state index contributed by atoms with van der Waals surface area (Å²) in [5.74, 6) is -1.14. The van der Waals surface area contributed by atoms with Crippen LogP contribution in [0.25, 0.3) is 0 Å². The first-order valence-electron chi connectivity index (χ1n) is 4.81. The van der Waals surface area contributed by atoms with Gasteiger partial charge < -0.3 is 0 Å². The number of ketones is 1. The average Bonchev–Trinajstić information content (AvgIpc) is 2.64. The zero-order chi connectivity index (χ0) is 11.5. The topological polar surface area (TPSA) is 57.7 Å². The van der Waals surface area contributed by atoms with Crippen molar-refractivity contribution < 1.29 is 14.4 Å². The van der Waals surface area contributed by atoms with E-state index in [0.29, 0.717) is 5.69 Å². The van der Waals surface area contributed by atoms with Crippen molar-refractivity contribution in [2.75, 3.05) is 11.6 Å². The van der Waals surface area contributed by atoms with E-state index in [9.17, 15) is 14.4 Å². The van der Waals surface area contributed by atoms with Gasteiger partial charge in [-0.3, -0.25) is 14.4 Å². The van der Waals surface area contributed by atoms with Gasteiger partial charge in [-0.05, 0) is 12.1 Å². The molecule has 1 saturated heterocycles. The Bertz CT molecular complexity index is 430. The van der Waals surface area contributed by atoms with Gasteiger partial charge in [0.2, 0.25) is 5.78 Å². The molecule has 5 nitrogen and oxygen atoms in total. The molecule has 0 aliphatic carbocycles. The summed E-state index contributed by atoms with van der Waals surface area (Å²) in [5.41, 5.74) is 0.514. The van der Waals surface area contributed by atoms with E-state index in [1.165, 1.54) is 0 Å². The monoisotopic (exact) mass is 217 g/mol. The van der Waals surface area contributed by atoms with E-state index >= 15 is 0 Å². The molecule has 0 bridgehead atoms. The zero-order valence-electron chi connectivity index (χ0n) is 8.42. The molecule has 1 aromatic rings. The molecule has 2 rings (SSSR count). The van der Waals surface area contributed by atoms with E-state index in [2.05, 4.69) is 0 Å². The SMILES string of the molecule is O=[C]N(c1ccccc1)N1CCC(=O)C1=O. The highest BCUT2D eigenvalue weighted by Crippen LogP contribution is 2.17. The fourth-order valence-electron chi connectivity index (χ4n) is 1.56. The summed E-state index contributed by atoms with van der Waals surface area (Å²) >= 11 is 0. The van der Waals surface area contributed by atoms with Crippen molar-refractivity contribution in [3.8, 4) is 0 Å². The molecule has 81 valence electrons. The Balaban J connectivity index is 2.28. The molecule has 16 heavy (non-hydrogen) atoms. The number of amides is 2. The van der Waals surface area contributed by atoms with Crippen molar-refractivity contribution in [3.05, 3.63) is 30.3 Å². The molecule has 1 aliphatic heterocycles. The molecule has 5 heteroatoms. The Morgan fingerprint density at radius 2 is 1.88 bits per heavy atom. The van der Waals surface area contributed by atoms with Crippen molar-refractivity contribution >= 4 is 23.8 Å². The van der Waals surface area contributed by atoms with Crippen LogP contribution in [0.1, 0.15) is 6.42 Å². The molecule has 1 heterocycles. The summed E-state index contributed by atoms with van der Waals surface area (Å²) in [6, 6.07) is 8.61. The van der Waals surface area contributed by atoms with Gasteiger partial charge >= 0.3 is 12.3 Å². The van der Waals surface area contributed by atoms with Crippen LogP contribution >= 0.6 is 0 Å². The normalized spacial score (nSPS) is 15.4. The van der Waals surface area contributed by atoms with Gasteiger partial charge in [0.1, 0.15) is 0 Å². The number of anilines is 1. The maximum atomic E-state index is 11.4. The second-order valence-corrected chi connectivity index (χ2v) is 3.34. The first-order valence-corrected chi connectivity index (χ1v) is 4.81. The number of hydrogen-bond donors (Lipinski definition) is 0. The van der Waals surface area contributed by atoms with Crippen molar-refractivity contribution in [2.45, 2.75) is 6.42 Å². The molecule has 0 spiro atoms. The van der Waals surface area contributed by atoms with Crippen LogP contribution in [0.5, 0.6) is 0 Å². The molecule has 0 N–H and O–H groups in total. The number of nitrogens with zero attached hydrogens (tertiary/aromatic N) is 2. The van der Waals surface area contributed by atoms with Gasteiger partial charge in [0.25, 0.3) is 0 Å². The van der Waals surface area contributed by atoms with Gasteiger partial charge in [0.05, 0.1) is 12.2 Å². The molecule has 0 atom stereocenters. The van der Waals surface area contributed by atoms with E-state index in [0.717, 1.165) is 10.0 Å². The minimum atomic E-state index is -0.660. The lowest BCUT2D eigenvalue weighted by Gasteiger charge is -2.25. The fourth-order valence-corrected chi connectivity index (χ4v) is 1.56. The molecule has 1 fully saturated rings. The Labute approximate surface area is 92.2 Å². The van der Waals surface area contributed by atoms with E-state index < -0.39 is 11.7 Å². The van der Waals surface area contributed by atoms with Crippen LogP contribution in [0.4, 0.5) is 5.69 Å². The maximum absolute atomic E-state index is 11.4. The molecular formula is C11H9N2O3. The van der Waals surface area contributed by atoms with Gasteiger partial charge in [-0.2, -0.15) is 0 Å². The van der Waals surface area contributed by atoms with Gasteiger partial charge in [-0.25, -0.2) is 10.0 Å². The summed E-state index contributed by atoms with van der Waals surface area (Å²) in [4.78, 5) is 33.4. The lowest BCUT2D eigenvalue weighted by atomic mass is 10.3. The van der Waals surface area contributed by atoms with Gasteiger partial charge in [0, 0.05) is 6.42 Å². The largest absolute Gasteiger partial charge is 0.337 e.